The van der Waals surface area contributed by atoms with E-state index in [1.54, 1.807) is 7.11 Å². The van der Waals surface area contributed by atoms with Gasteiger partial charge in [-0.1, -0.05) is 12.8 Å². The highest BCUT2D eigenvalue weighted by Gasteiger charge is 2.46. The van der Waals surface area contributed by atoms with E-state index in [4.69, 9.17) is 10.5 Å². The fraction of sp³-hybridized carbons (Fsp3) is 0.778. The van der Waals surface area contributed by atoms with Crippen LogP contribution in [0.15, 0.2) is 4.99 Å². The third-order valence-electron chi connectivity index (χ3n) is 3.18. The number of carbonyl (C=O) groups is 1. The molecule has 14 heavy (non-hydrogen) atoms. The topological polar surface area (TPSA) is 76.7 Å². The molecule has 1 heterocycles. The summed E-state index contributed by atoms with van der Waals surface area (Å²) in [7, 11) is 1.67. The third-order valence-corrected chi connectivity index (χ3v) is 3.18. The lowest BCUT2D eigenvalue weighted by Crippen LogP contribution is -2.54. The molecule has 0 saturated heterocycles. The number of aliphatic imine (C=N–C) groups is 1. The van der Waals surface area contributed by atoms with E-state index < -0.39 is 0 Å². The molecule has 2 rings (SSSR count). The maximum absolute atomic E-state index is 11.0. The molecule has 0 aromatic carbocycles. The summed E-state index contributed by atoms with van der Waals surface area (Å²) >= 11 is 0. The van der Waals surface area contributed by atoms with Gasteiger partial charge < -0.3 is 15.8 Å². The minimum absolute atomic E-state index is 0.234. The summed E-state index contributed by atoms with van der Waals surface area (Å²) in [6, 6.07) is -0.585. The summed E-state index contributed by atoms with van der Waals surface area (Å²) in [6.07, 6.45) is 4.11. The van der Waals surface area contributed by atoms with Gasteiger partial charge in [-0.15, -0.1) is 0 Å². The first-order valence-corrected chi connectivity index (χ1v) is 4.88. The molecule has 1 saturated carbocycles. The number of nitrogens with one attached hydrogen (secondary N) is 1. The number of ether oxygens (including phenoxy) is 1. The summed E-state index contributed by atoms with van der Waals surface area (Å²) in [5.74, 6) is 0.360. The van der Waals surface area contributed by atoms with Crippen molar-refractivity contribution in [2.75, 3.05) is 7.11 Å². The van der Waals surface area contributed by atoms with Crippen molar-refractivity contribution in [2.45, 2.75) is 37.3 Å². The van der Waals surface area contributed by atoms with Crippen LogP contribution in [0.4, 0.5) is 4.79 Å². The van der Waals surface area contributed by atoms with Gasteiger partial charge in [0.2, 0.25) is 0 Å². The molecule has 0 aromatic rings. The molecule has 1 atom stereocenters. The Kier molecular flexibility index (Phi) is 2.19. The van der Waals surface area contributed by atoms with Gasteiger partial charge in [0, 0.05) is 7.11 Å². The molecule has 5 nitrogen and oxygen atoms in total. The number of urea groups is 1. The summed E-state index contributed by atoms with van der Waals surface area (Å²) in [6.45, 7) is 0. The summed E-state index contributed by atoms with van der Waals surface area (Å²) < 4.78 is 5.53. The number of hydrogen-bond donors (Lipinski definition) is 2. The number of hydrogen-bond acceptors (Lipinski definition) is 3. The van der Waals surface area contributed by atoms with Crippen LogP contribution < -0.4 is 11.1 Å². The largest absolute Gasteiger partial charge is 0.385 e. The molecular formula is C9H15N3O2. The Balaban J connectivity index is 2.21. The minimum Gasteiger partial charge on any atom is -0.385 e. The summed E-state index contributed by atoms with van der Waals surface area (Å²) in [5.41, 5.74) is 5.38. The SMILES string of the molecule is COC1(C2NC(=O)N=C2N)CCCC1. The zero-order valence-corrected chi connectivity index (χ0v) is 8.25. The van der Waals surface area contributed by atoms with Crippen LogP contribution in [0.5, 0.6) is 0 Å². The first-order chi connectivity index (χ1) is 6.68. The highest BCUT2D eigenvalue weighted by Crippen LogP contribution is 2.36. The molecule has 1 fully saturated rings. The molecule has 2 aliphatic rings. The van der Waals surface area contributed by atoms with Crippen molar-refractivity contribution in [3.05, 3.63) is 0 Å². The molecule has 78 valence electrons. The molecule has 2 amide bonds. The lowest BCUT2D eigenvalue weighted by molar-refractivity contribution is -0.0142. The Morgan fingerprint density at radius 2 is 2.21 bits per heavy atom. The van der Waals surface area contributed by atoms with Crippen LogP contribution in [0.2, 0.25) is 0 Å². The molecular weight excluding hydrogens is 182 g/mol. The Bertz CT molecular complexity index is 282. The van der Waals surface area contributed by atoms with Gasteiger partial charge in [0.25, 0.3) is 0 Å². The average molecular weight is 197 g/mol. The molecule has 0 aromatic heterocycles. The molecule has 3 N–H and O–H groups in total. The van der Waals surface area contributed by atoms with Crippen molar-refractivity contribution in [2.24, 2.45) is 10.7 Å². The van der Waals surface area contributed by atoms with Crippen molar-refractivity contribution in [3.8, 4) is 0 Å². The number of rotatable bonds is 2. The van der Waals surface area contributed by atoms with E-state index in [-0.39, 0.29) is 17.7 Å². The van der Waals surface area contributed by atoms with Crippen molar-refractivity contribution in [1.29, 1.82) is 0 Å². The van der Waals surface area contributed by atoms with Crippen molar-refractivity contribution in [3.63, 3.8) is 0 Å². The third kappa shape index (κ3) is 1.28. The number of amidine groups is 1. The fourth-order valence-corrected chi connectivity index (χ4v) is 2.40. The fourth-order valence-electron chi connectivity index (χ4n) is 2.40. The Labute approximate surface area is 82.7 Å². The average Bonchev–Trinajstić information content (AvgIpc) is 2.73. The van der Waals surface area contributed by atoms with E-state index in [1.165, 1.54) is 0 Å². The van der Waals surface area contributed by atoms with Crippen LogP contribution in [-0.2, 0) is 4.74 Å². The number of amides is 2. The molecule has 1 aliphatic heterocycles. The van der Waals surface area contributed by atoms with Crippen LogP contribution in [0.1, 0.15) is 25.7 Å². The van der Waals surface area contributed by atoms with Crippen LogP contribution >= 0.6 is 0 Å². The van der Waals surface area contributed by atoms with Gasteiger partial charge in [-0.3, -0.25) is 0 Å². The van der Waals surface area contributed by atoms with Gasteiger partial charge in [0.15, 0.2) is 0 Å². The predicted molar refractivity (Wildman–Crippen MR) is 52.2 cm³/mol. The normalized spacial score (nSPS) is 30.2. The molecule has 0 spiro atoms. The molecule has 0 radical (unpaired) electrons. The molecule has 1 aliphatic carbocycles. The quantitative estimate of drug-likeness (QED) is 0.672. The Morgan fingerprint density at radius 3 is 2.64 bits per heavy atom. The second-order valence-corrected chi connectivity index (χ2v) is 3.90. The molecule has 5 heteroatoms. The first-order valence-electron chi connectivity index (χ1n) is 4.88. The van der Waals surface area contributed by atoms with E-state index in [0.29, 0.717) is 5.84 Å². The predicted octanol–water partition coefficient (Wildman–Crippen LogP) is 0.395. The highest BCUT2D eigenvalue weighted by atomic mass is 16.5. The number of nitrogens with zero attached hydrogens (tertiary/aromatic N) is 1. The zero-order valence-electron chi connectivity index (χ0n) is 8.25. The van der Waals surface area contributed by atoms with E-state index in [2.05, 4.69) is 10.3 Å². The number of nitrogens with two attached hydrogens (primary N) is 1. The maximum atomic E-state index is 11.0. The zero-order chi connectivity index (χ0) is 10.2. The summed E-state index contributed by atoms with van der Waals surface area (Å²) in [5, 5.41) is 2.74. The van der Waals surface area contributed by atoms with Crippen LogP contribution in [0.25, 0.3) is 0 Å². The second-order valence-electron chi connectivity index (χ2n) is 3.90. The van der Waals surface area contributed by atoms with Crippen molar-refractivity contribution < 1.29 is 9.53 Å². The van der Waals surface area contributed by atoms with Crippen molar-refractivity contribution in [1.82, 2.24) is 5.32 Å². The highest BCUT2D eigenvalue weighted by molar-refractivity contribution is 6.03. The first kappa shape index (κ1) is 9.45. The minimum atomic E-state index is -0.351. The second kappa shape index (κ2) is 3.24. The lowest BCUT2D eigenvalue weighted by Gasteiger charge is -2.33. The summed E-state index contributed by atoms with van der Waals surface area (Å²) in [4.78, 5) is 14.7. The van der Waals surface area contributed by atoms with Gasteiger partial charge in [-0.25, -0.2) is 4.79 Å². The van der Waals surface area contributed by atoms with Crippen LogP contribution in [0, 0.1) is 0 Å². The Hall–Kier alpha value is -1.10. The lowest BCUT2D eigenvalue weighted by atomic mass is 9.91. The van der Waals surface area contributed by atoms with Crippen molar-refractivity contribution >= 4 is 11.9 Å². The van der Waals surface area contributed by atoms with E-state index in [1.807, 2.05) is 0 Å². The van der Waals surface area contributed by atoms with E-state index in [9.17, 15) is 4.79 Å². The number of carbonyl (C=O) groups excluding carboxylic acids is 1. The molecule has 0 bridgehead atoms. The van der Waals surface area contributed by atoms with E-state index >= 15 is 0 Å². The van der Waals surface area contributed by atoms with Gasteiger partial charge in [0.05, 0.1) is 5.60 Å². The van der Waals surface area contributed by atoms with Gasteiger partial charge in [-0.2, -0.15) is 4.99 Å². The van der Waals surface area contributed by atoms with Gasteiger partial charge >= 0.3 is 6.03 Å². The van der Waals surface area contributed by atoms with E-state index in [0.717, 1.165) is 25.7 Å². The standard InChI is InChI=1S/C9H15N3O2/c1-14-9(4-2-3-5-9)6-7(10)12-8(13)11-6/h6H,2-5H2,1H3,(H3,10,11,12,13). The van der Waals surface area contributed by atoms with Gasteiger partial charge in [-0.05, 0) is 12.8 Å². The Morgan fingerprint density at radius 1 is 1.57 bits per heavy atom. The maximum Gasteiger partial charge on any atom is 0.343 e. The molecule has 1 unspecified atom stereocenters. The van der Waals surface area contributed by atoms with Gasteiger partial charge in [0.1, 0.15) is 11.9 Å². The monoisotopic (exact) mass is 197 g/mol. The number of methoxy groups -OCH3 is 1. The van der Waals surface area contributed by atoms with Crippen LogP contribution in [-0.4, -0.2) is 30.6 Å². The smallest absolute Gasteiger partial charge is 0.343 e. The van der Waals surface area contributed by atoms with Crippen LogP contribution in [0.3, 0.4) is 0 Å².